The van der Waals surface area contributed by atoms with Gasteiger partial charge in [0, 0.05) is 5.56 Å². The summed E-state index contributed by atoms with van der Waals surface area (Å²) in [5, 5.41) is 0.825. The number of benzene rings is 2. The van der Waals surface area contributed by atoms with E-state index in [-0.39, 0.29) is 10.6 Å². The van der Waals surface area contributed by atoms with Gasteiger partial charge in [-0.15, -0.1) is 0 Å². The van der Waals surface area contributed by atoms with Crippen LogP contribution in [0.15, 0.2) is 36.4 Å². The van der Waals surface area contributed by atoms with Crippen molar-refractivity contribution in [2.75, 3.05) is 0 Å². The highest BCUT2D eigenvalue weighted by atomic mass is 35.5. The van der Waals surface area contributed by atoms with E-state index in [4.69, 9.17) is 34.8 Å². The molecule has 2 rings (SSSR count). The van der Waals surface area contributed by atoms with Gasteiger partial charge in [-0.25, -0.2) is 0 Å². The average Bonchev–Trinajstić information content (AvgIpc) is 2.35. The molecular formula is C13H7Cl3O. The van der Waals surface area contributed by atoms with E-state index in [0.29, 0.717) is 21.9 Å². The largest absolute Gasteiger partial charge is 0.298 e. The van der Waals surface area contributed by atoms with E-state index in [9.17, 15) is 4.79 Å². The van der Waals surface area contributed by atoms with Gasteiger partial charge in [0.25, 0.3) is 0 Å². The van der Waals surface area contributed by atoms with Gasteiger partial charge in [0.1, 0.15) is 0 Å². The van der Waals surface area contributed by atoms with Crippen molar-refractivity contribution >= 4 is 41.1 Å². The fourth-order valence-electron chi connectivity index (χ4n) is 1.54. The molecule has 0 amide bonds. The van der Waals surface area contributed by atoms with Crippen molar-refractivity contribution in [3.8, 4) is 11.1 Å². The highest BCUT2D eigenvalue weighted by Gasteiger charge is 2.14. The normalized spacial score (nSPS) is 10.3. The van der Waals surface area contributed by atoms with E-state index in [0.717, 1.165) is 5.56 Å². The Kier molecular flexibility index (Phi) is 3.72. The molecule has 0 atom stereocenters. The summed E-state index contributed by atoms with van der Waals surface area (Å²) in [5.74, 6) is 0. The molecule has 0 aliphatic carbocycles. The summed E-state index contributed by atoms with van der Waals surface area (Å²) in [4.78, 5) is 10.8. The highest BCUT2D eigenvalue weighted by molar-refractivity contribution is 6.47. The second-order valence-electron chi connectivity index (χ2n) is 3.43. The van der Waals surface area contributed by atoms with Gasteiger partial charge in [-0.3, -0.25) is 4.79 Å². The molecule has 0 bridgehead atoms. The molecule has 86 valence electrons. The molecule has 0 N–H and O–H groups in total. The minimum Gasteiger partial charge on any atom is -0.298 e. The lowest BCUT2D eigenvalue weighted by molar-refractivity contribution is 0.112. The average molecular weight is 286 g/mol. The SMILES string of the molecule is O=Cc1c(Cl)cc(-c2ccccc2)c(Cl)c1Cl. The van der Waals surface area contributed by atoms with Crippen molar-refractivity contribution in [3.63, 3.8) is 0 Å². The van der Waals surface area contributed by atoms with Crippen LogP contribution < -0.4 is 0 Å². The van der Waals surface area contributed by atoms with Crippen LogP contribution in [0.1, 0.15) is 10.4 Å². The minimum absolute atomic E-state index is 0.188. The van der Waals surface area contributed by atoms with E-state index >= 15 is 0 Å². The van der Waals surface area contributed by atoms with Crippen LogP contribution in [0.5, 0.6) is 0 Å². The Bertz CT molecular complexity index is 565. The van der Waals surface area contributed by atoms with Crippen molar-refractivity contribution in [3.05, 3.63) is 57.0 Å². The predicted molar refractivity (Wildman–Crippen MR) is 72.3 cm³/mol. The Balaban J connectivity index is 2.69. The van der Waals surface area contributed by atoms with Gasteiger partial charge >= 0.3 is 0 Å². The Labute approximate surface area is 114 Å². The maximum atomic E-state index is 10.8. The van der Waals surface area contributed by atoms with Gasteiger partial charge in [0.05, 0.1) is 20.6 Å². The molecular weight excluding hydrogens is 279 g/mol. The Hall–Kier alpha value is -1.02. The van der Waals surface area contributed by atoms with Crippen molar-refractivity contribution in [1.29, 1.82) is 0 Å². The first-order valence-corrected chi connectivity index (χ1v) is 5.96. The van der Waals surface area contributed by atoms with Crippen LogP contribution in [0.25, 0.3) is 11.1 Å². The number of aldehydes is 1. The standard InChI is InChI=1S/C13H7Cl3O/c14-11-6-9(8-4-2-1-3-5-8)12(15)13(16)10(11)7-17/h1-7H. The Morgan fingerprint density at radius 1 is 0.941 bits per heavy atom. The van der Waals surface area contributed by atoms with Crippen LogP contribution in [-0.2, 0) is 0 Å². The first kappa shape index (κ1) is 12.4. The summed E-state index contributed by atoms with van der Waals surface area (Å²) in [6, 6.07) is 11.1. The molecule has 17 heavy (non-hydrogen) atoms. The molecule has 0 heterocycles. The lowest BCUT2D eigenvalue weighted by atomic mass is 10.0. The van der Waals surface area contributed by atoms with Gasteiger partial charge in [0.15, 0.2) is 6.29 Å². The van der Waals surface area contributed by atoms with Gasteiger partial charge < -0.3 is 0 Å². The van der Waals surface area contributed by atoms with Crippen LogP contribution in [0.4, 0.5) is 0 Å². The number of carbonyl (C=O) groups is 1. The molecule has 0 saturated carbocycles. The fraction of sp³-hybridized carbons (Fsp3) is 0. The van der Waals surface area contributed by atoms with Crippen LogP contribution >= 0.6 is 34.8 Å². The van der Waals surface area contributed by atoms with E-state index in [2.05, 4.69) is 0 Å². The van der Waals surface area contributed by atoms with E-state index in [1.807, 2.05) is 30.3 Å². The fourth-order valence-corrected chi connectivity index (χ4v) is 2.36. The maximum Gasteiger partial charge on any atom is 0.153 e. The van der Waals surface area contributed by atoms with E-state index in [1.165, 1.54) is 0 Å². The van der Waals surface area contributed by atoms with Crippen LogP contribution in [-0.4, -0.2) is 6.29 Å². The van der Waals surface area contributed by atoms with E-state index in [1.54, 1.807) is 6.07 Å². The van der Waals surface area contributed by atoms with E-state index < -0.39 is 0 Å². The molecule has 4 heteroatoms. The Morgan fingerprint density at radius 2 is 1.59 bits per heavy atom. The zero-order valence-corrected chi connectivity index (χ0v) is 10.9. The molecule has 0 fully saturated rings. The molecule has 2 aromatic rings. The summed E-state index contributed by atoms with van der Waals surface area (Å²) in [5.41, 5.74) is 1.84. The summed E-state index contributed by atoms with van der Waals surface area (Å²) >= 11 is 18.1. The van der Waals surface area contributed by atoms with Crippen LogP contribution in [0, 0.1) is 0 Å². The Morgan fingerprint density at radius 3 is 2.18 bits per heavy atom. The van der Waals surface area contributed by atoms with Gasteiger partial charge in [-0.2, -0.15) is 0 Å². The molecule has 0 saturated heterocycles. The lowest BCUT2D eigenvalue weighted by Gasteiger charge is -2.09. The number of carbonyl (C=O) groups excluding carboxylic acids is 1. The van der Waals surface area contributed by atoms with Crippen molar-refractivity contribution < 1.29 is 4.79 Å². The highest BCUT2D eigenvalue weighted by Crippen LogP contribution is 2.38. The predicted octanol–water partition coefficient (Wildman–Crippen LogP) is 5.13. The van der Waals surface area contributed by atoms with Crippen molar-refractivity contribution in [2.45, 2.75) is 0 Å². The maximum absolute atomic E-state index is 10.8. The minimum atomic E-state index is 0.188. The second-order valence-corrected chi connectivity index (χ2v) is 4.59. The van der Waals surface area contributed by atoms with Crippen LogP contribution in [0.2, 0.25) is 15.1 Å². The second kappa shape index (κ2) is 5.09. The summed E-state index contributed by atoms with van der Waals surface area (Å²) < 4.78 is 0. The monoisotopic (exact) mass is 284 g/mol. The third kappa shape index (κ3) is 2.32. The first-order valence-electron chi connectivity index (χ1n) is 4.83. The van der Waals surface area contributed by atoms with Gasteiger partial charge in [0.2, 0.25) is 0 Å². The number of hydrogen-bond donors (Lipinski definition) is 0. The zero-order valence-electron chi connectivity index (χ0n) is 8.58. The molecule has 0 spiro atoms. The zero-order chi connectivity index (χ0) is 12.4. The molecule has 0 aromatic heterocycles. The molecule has 0 aliphatic heterocycles. The summed E-state index contributed by atoms with van der Waals surface area (Å²) in [7, 11) is 0. The molecule has 1 nitrogen and oxygen atoms in total. The molecule has 0 unspecified atom stereocenters. The molecule has 0 aliphatic rings. The third-order valence-electron chi connectivity index (χ3n) is 2.40. The quantitative estimate of drug-likeness (QED) is 0.552. The number of halogens is 3. The van der Waals surface area contributed by atoms with Crippen molar-refractivity contribution in [1.82, 2.24) is 0 Å². The van der Waals surface area contributed by atoms with Crippen LogP contribution in [0.3, 0.4) is 0 Å². The third-order valence-corrected chi connectivity index (χ3v) is 3.59. The first-order chi connectivity index (χ1) is 8.15. The smallest absolute Gasteiger partial charge is 0.153 e. The molecule has 2 aromatic carbocycles. The van der Waals surface area contributed by atoms with Crippen molar-refractivity contribution in [2.24, 2.45) is 0 Å². The lowest BCUT2D eigenvalue weighted by Crippen LogP contribution is -1.89. The number of hydrogen-bond acceptors (Lipinski definition) is 1. The molecule has 0 radical (unpaired) electrons. The van der Waals surface area contributed by atoms with Gasteiger partial charge in [-0.1, -0.05) is 65.1 Å². The van der Waals surface area contributed by atoms with Gasteiger partial charge in [-0.05, 0) is 11.6 Å². The summed E-state index contributed by atoms with van der Waals surface area (Å²) in [6.45, 7) is 0. The number of rotatable bonds is 2. The summed E-state index contributed by atoms with van der Waals surface area (Å²) in [6.07, 6.45) is 0.602. The topological polar surface area (TPSA) is 17.1 Å².